The number of aromatic nitrogens is 1. The summed E-state index contributed by atoms with van der Waals surface area (Å²) in [6, 6.07) is 6.96. The van der Waals surface area contributed by atoms with Gasteiger partial charge in [-0.2, -0.15) is 4.31 Å². The Labute approximate surface area is 144 Å². The molecule has 0 atom stereocenters. The SMILES string of the molecule is CCCN(CCC)S(=O)(=O)c1ccc(-c2nc(Br)cs2)cc1. The Morgan fingerprint density at radius 2 is 1.73 bits per heavy atom. The second-order valence-electron chi connectivity index (χ2n) is 4.90. The van der Waals surface area contributed by atoms with Gasteiger partial charge in [0.1, 0.15) is 9.61 Å². The van der Waals surface area contributed by atoms with Crippen molar-refractivity contribution in [3.63, 3.8) is 0 Å². The van der Waals surface area contributed by atoms with Crippen molar-refractivity contribution in [2.45, 2.75) is 31.6 Å². The monoisotopic (exact) mass is 402 g/mol. The first-order valence-electron chi connectivity index (χ1n) is 7.20. The lowest BCUT2D eigenvalue weighted by molar-refractivity contribution is 0.410. The van der Waals surface area contributed by atoms with Gasteiger partial charge in [-0.1, -0.05) is 26.0 Å². The van der Waals surface area contributed by atoms with Gasteiger partial charge in [0.2, 0.25) is 10.0 Å². The van der Waals surface area contributed by atoms with Crippen LogP contribution in [-0.2, 0) is 10.0 Å². The highest BCUT2D eigenvalue weighted by molar-refractivity contribution is 9.10. The molecule has 0 N–H and O–H groups in total. The number of nitrogens with zero attached hydrogens (tertiary/aromatic N) is 2. The third kappa shape index (κ3) is 3.95. The van der Waals surface area contributed by atoms with Gasteiger partial charge in [0.25, 0.3) is 0 Å². The standard InChI is InChI=1S/C15H19BrN2O2S2/c1-3-9-18(10-4-2)22(19,20)13-7-5-12(6-8-13)15-17-14(16)11-21-15/h5-8,11H,3-4,9-10H2,1-2H3. The van der Waals surface area contributed by atoms with Gasteiger partial charge in [0.05, 0.1) is 4.90 Å². The van der Waals surface area contributed by atoms with E-state index in [-0.39, 0.29) is 0 Å². The van der Waals surface area contributed by atoms with Crippen LogP contribution >= 0.6 is 27.3 Å². The second kappa shape index (κ2) is 7.68. The maximum Gasteiger partial charge on any atom is 0.243 e. The molecule has 0 aliphatic carbocycles. The minimum atomic E-state index is -3.41. The Bertz CT molecular complexity index is 705. The molecule has 0 bridgehead atoms. The minimum absolute atomic E-state index is 0.341. The fraction of sp³-hybridized carbons (Fsp3) is 0.400. The van der Waals surface area contributed by atoms with E-state index in [0.29, 0.717) is 18.0 Å². The number of hydrogen-bond donors (Lipinski definition) is 0. The van der Waals surface area contributed by atoms with E-state index in [1.165, 1.54) is 11.3 Å². The molecule has 1 aromatic heterocycles. The fourth-order valence-electron chi connectivity index (χ4n) is 2.16. The van der Waals surface area contributed by atoms with Gasteiger partial charge in [-0.05, 0) is 40.9 Å². The van der Waals surface area contributed by atoms with E-state index in [4.69, 9.17) is 0 Å². The molecule has 2 aromatic rings. The van der Waals surface area contributed by atoms with Gasteiger partial charge >= 0.3 is 0 Å². The van der Waals surface area contributed by atoms with E-state index in [9.17, 15) is 8.42 Å². The van der Waals surface area contributed by atoms with Gasteiger partial charge in [-0.15, -0.1) is 11.3 Å². The molecule has 0 saturated heterocycles. The average molecular weight is 403 g/mol. The van der Waals surface area contributed by atoms with Gasteiger partial charge < -0.3 is 0 Å². The second-order valence-corrected chi connectivity index (χ2v) is 8.51. The van der Waals surface area contributed by atoms with Gasteiger partial charge in [-0.3, -0.25) is 0 Å². The van der Waals surface area contributed by atoms with Crippen LogP contribution in [0.3, 0.4) is 0 Å². The van der Waals surface area contributed by atoms with Crippen LogP contribution in [0.2, 0.25) is 0 Å². The zero-order chi connectivity index (χ0) is 16.2. The van der Waals surface area contributed by atoms with Crippen molar-refractivity contribution in [1.82, 2.24) is 9.29 Å². The molecule has 22 heavy (non-hydrogen) atoms. The first-order valence-corrected chi connectivity index (χ1v) is 10.3. The lowest BCUT2D eigenvalue weighted by Crippen LogP contribution is -2.32. The number of sulfonamides is 1. The Morgan fingerprint density at radius 1 is 1.14 bits per heavy atom. The van der Waals surface area contributed by atoms with Gasteiger partial charge in [-0.25, -0.2) is 13.4 Å². The number of hydrogen-bond acceptors (Lipinski definition) is 4. The van der Waals surface area contributed by atoms with Crippen molar-refractivity contribution in [1.29, 1.82) is 0 Å². The van der Waals surface area contributed by atoms with Crippen LogP contribution in [0.4, 0.5) is 0 Å². The molecule has 0 spiro atoms. The van der Waals surface area contributed by atoms with Crippen molar-refractivity contribution in [2.24, 2.45) is 0 Å². The molecule has 1 aromatic carbocycles. The summed E-state index contributed by atoms with van der Waals surface area (Å²) in [5.41, 5.74) is 0.923. The zero-order valence-corrected chi connectivity index (χ0v) is 15.8. The molecule has 0 radical (unpaired) electrons. The van der Waals surface area contributed by atoms with Crippen molar-refractivity contribution < 1.29 is 8.42 Å². The molecule has 7 heteroatoms. The fourth-order valence-corrected chi connectivity index (χ4v) is 5.04. The lowest BCUT2D eigenvalue weighted by atomic mass is 10.2. The van der Waals surface area contributed by atoms with E-state index in [2.05, 4.69) is 20.9 Å². The molecule has 0 unspecified atom stereocenters. The topological polar surface area (TPSA) is 50.3 Å². The van der Waals surface area contributed by atoms with E-state index < -0.39 is 10.0 Å². The van der Waals surface area contributed by atoms with E-state index in [1.807, 2.05) is 31.4 Å². The summed E-state index contributed by atoms with van der Waals surface area (Å²) in [7, 11) is -3.41. The van der Waals surface area contributed by atoms with E-state index >= 15 is 0 Å². The van der Waals surface area contributed by atoms with Gasteiger partial charge in [0, 0.05) is 24.0 Å². The highest BCUT2D eigenvalue weighted by atomic mass is 79.9. The molecular weight excluding hydrogens is 384 g/mol. The van der Waals surface area contributed by atoms with Crippen molar-refractivity contribution in [3.05, 3.63) is 34.2 Å². The Morgan fingerprint density at radius 3 is 2.18 bits per heavy atom. The lowest BCUT2D eigenvalue weighted by Gasteiger charge is -2.21. The molecule has 4 nitrogen and oxygen atoms in total. The van der Waals surface area contributed by atoms with E-state index in [0.717, 1.165) is 28.0 Å². The van der Waals surface area contributed by atoms with Crippen LogP contribution in [0.15, 0.2) is 39.1 Å². The maximum absolute atomic E-state index is 12.7. The minimum Gasteiger partial charge on any atom is -0.229 e. The highest BCUT2D eigenvalue weighted by Crippen LogP contribution is 2.27. The van der Waals surface area contributed by atoms with Crippen LogP contribution in [0.1, 0.15) is 26.7 Å². The summed E-state index contributed by atoms with van der Waals surface area (Å²) in [6.45, 7) is 5.08. The Kier molecular flexibility index (Phi) is 6.14. The number of thiazole rings is 1. The average Bonchev–Trinajstić information content (AvgIpc) is 2.94. The first kappa shape index (κ1) is 17.6. The predicted molar refractivity (Wildman–Crippen MR) is 94.6 cm³/mol. The third-order valence-corrected chi connectivity index (χ3v) is 6.67. The molecule has 2 rings (SSSR count). The molecular formula is C15H19BrN2O2S2. The Balaban J connectivity index is 2.28. The van der Waals surface area contributed by atoms with Crippen LogP contribution in [0, 0.1) is 0 Å². The first-order chi connectivity index (χ1) is 10.5. The van der Waals surface area contributed by atoms with Crippen LogP contribution in [0.5, 0.6) is 0 Å². The summed E-state index contributed by atoms with van der Waals surface area (Å²) >= 11 is 4.85. The number of rotatable bonds is 7. The molecule has 120 valence electrons. The van der Waals surface area contributed by atoms with Crippen LogP contribution in [0.25, 0.3) is 10.6 Å². The van der Waals surface area contributed by atoms with Crippen LogP contribution in [-0.4, -0.2) is 30.8 Å². The van der Waals surface area contributed by atoms with Crippen LogP contribution < -0.4 is 0 Å². The maximum atomic E-state index is 12.7. The molecule has 0 saturated carbocycles. The zero-order valence-electron chi connectivity index (χ0n) is 12.6. The van der Waals surface area contributed by atoms with Crippen molar-refractivity contribution in [2.75, 3.05) is 13.1 Å². The van der Waals surface area contributed by atoms with E-state index in [1.54, 1.807) is 16.4 Å². The highest BCUT2D eigenvalue weighted by Gasteiger charge is 2.22. The predicted octanol–water partition coefficient (Wildman–Crippen LogP) is 4.38. The smallest absolute Gasteiger partial charge is 0.229 e. The summed E-state index contributed by atoms with van der Waals surface area (Å²) < 4.78 is 27.7. The number of benzene rings is 1. The normalized spacial score (nSPS) is 12.0. The van der Waals surface area contributed by atoms with Crippen molar-refractivity contribution in [3.8, 4) is 10.6 Å². The molecule has 0 fully saturated rings. The van der Waals surface area contributed by atoms with Crippen molar-refractivity contribution >= 4 is 37.3 Å². The molecule has 0 aliphatic heterocycles. The summed E-state index contributed by atoms with van der Waals surface area (Å²) in [5.74, 6) is 0. The third-order valence-electron chi connectivity index (χ3n) is 3.16. The molecule has 1 heterocycles. The summed E-state index contributed by atoms with van der Waals surface area (Å²) in [5, 5.41) is 2.78. The Hall–Kier alpha value is -0.760. The summed E-state index contributed by atoms with van der Waals surface area (Å²) in [4.78, 5) is 4.68. The quantitative estimate of drug-likeness (QED) is 0.689. The summed E-state index contributed by atoms with van der Waals surface area (Å²) in [6.07, 6.45) is 1.62. The van der Waals surface area contributed by atoms with Gasteiger partial charge in [0.15, 0.2) is 0 Å². The molecule has 0 amide bonds. The number of halogens is 1. The molecule has 0 aliphatic rings. The largest absolute Gasteiger partial charge is 0.243 e.